The van der Waals surface area contributed by atoms with Crippen LogP contribution < -0.4 is 5.32 Å². The molecule has 2 fully saturated rings. The van der Waals surface area contributed by atoms with Crippen molar-refractivity contribution in [2.45, 2.75) is 27.2 Å². The molecule has 1 saturated heterocycles. The molecule has 0 aromatic rings. The molecular formula is C12H13N3O2. The largest absolute Gasteiger partial charge is 0.293 e. The maximum absolute atomic E-state index is 11.8. The lowest BCUT2D eigenvalue weighted by atomic mass is 9.85. The lowest BCUT2D eigenvalue weighted by molar-refractivity contribution is -0.130. The van der Waals surface area contributed by atoms with Crippen LogP contribution in [-0.4, -0.2) is 11.8 Å². The molecule has 3 atom stereocenters. The number of hydrogen-bond donors (Lipinski definition) is 1. The van der Waals surface area contributed by atoms with Gasteiger partial charge in [0.05, 0.1) is 12.1 Å². The van der Waals surface area contributed by atoms with Gasteiger partial charge in [0.1, 0.15) is 0 Å². The summed E-state index contributed by atoms with van der Waals surface area (Å²) < 4.78 is 0. The van der Waals surface area contributed by atoms with Crippen molar-refractivity contribution < 1.29 is 9.59 Å². The van der Waals surface area contributed by atoms with Gasteiger partial charge in [-0.3, -0.25) is 14.9 Å². The standard InChI is InChI=1S/C12H13N3O2/c1-7(2)4-10(3)11(5-13)8(16)15-9(17)12(10,11)6-14/h7H,4H2,1-3H3,(H,15,16,17)/t10?,11-,12+. The predicted molar refractivity (Wildman–Crippen MR) is 56.8 cm³/mol. The van der Waals surface area contributed by atoms with Crippen LogP contribution in [0.1, 0.15) is 27.2 Å². The highest BCUT2D eigenvalue weighted by molar-refractivity contribution is 6.19. The van der Waals surface area contributed by atoms with Gasteiger partial charge in [-0.05, 0) is 12.3 Å². The summed E-state index contributed by atoms with van der Waals surface area (Å²) in [5.74, 6) is -1.02. The zero-order valence-corrected chi connectivity index (χ0v) is 10.00. The smallest absolute Gasteiger partial charge is 0.249 e. The van der Waals surface area contributed by atoms with E-state index >= 15 is 0 Å². The van der Waals surface area contributed by atoms with Crippen LogP contribution in [-0.2, 0) is 9.59 Å². The molecule has 88 valence electrons. The van der Waals surface area contributed by atoms with Gasteiger partial charge in [0.2, 0.25) is 11.8 Å². The molecular weight excluding hydrogens is 218 g/mol. The summed E-state index contributed by atoms with van der Waals surface area (Å²) in [4.78, 5) is 23.7. The highest BCUT2D eigenvalue weighted by Crippen LogP contribution is 2.82. The third kappa shape index (κ3) is 0.826. The second-order valence-corrected chi connectivity index (χ2v) is 5.44. The molecule has 0 spiro atoms. The van der Waals surface area contributed by atoms with Gasteiger partial charge in [-0.25, -0.2) is 0 Å². The fraction of sp³-hybridized carbons (Fsp3) is 0.667. The fourth-order valence-corrected chi connectivity index (χ4v) is 3.55. The van der Waals surface area contributed by atoms with E-state index in [9.17, 15) is 20.1 Å². The average molecular weight is 231 g/mol. The first kappa shape index (κ1) is 11.6. The number of nitriles is 2. The van der Waals surface area contributed by atoms with Crippen LogP contribution in [0, 0.1) is 44.8 Å². The Labute approximate surface area is 99.4 Å². The zero-order valence-electron chi connectivity index (χ0n) is 10.00. The molecule has 2 amide bonds. The summed E-state index contributed by atoms with van der Waals surface area (Å²) in [5, 5.41) is 20.7. The molecule has 1 heterocycles. The van der Waals surface area contributed by atoms with E-state index in [0.717, 1.165) is 0 Å². The molecule has 5 nitrogen and oxygen atoms in total. The number of hydrogen-bond acceptors (Lipinski definition) is 4. The molecule has 1 aliphatic carbocycles. The van der Waals surface area contributed by atoms with Gasteiger partial charge in [0, 0.05) is 5.41 Å². The number of amides is 2. The molecule has 17 heavy (non-hydrogen) atoms. The van der Waals surface area contributed by atoms with E-state index in [1.54, 1.807) is 6.92 Å². The number of imide groups is 1. The molecule has 5 heteroatoms. The van der Waals surface area contributed by atoms with Crippen molar-refractivity contribution in [1.82, 2.24) is 5.32 Å². The molecule has 2 rings (SSSR count). The fourth-order valence-electron chi connectivity index (χ4n) is 3.55. The van der Waals surface area contributed by atoms with Crippen LogP contribution in [0.2, 0.25) is 0 Å². The molecule has 0 radical (unpaired) electrons. The Morgan fingerprint density at radius 3 is 1.88 bits per heavy atom. The molecule has 0 bridgehead atoms. The second-order valence-electron chi connectivity index (χ2n) is 5.44. The summed E-state index contributed by atoms with van der Waals surface area (Å²) in [7, 11) is 0. The summed E-state index contributed by atoms with van der Waals surface area (Å²) in [6.45, 7) is 5.58. The van der Waals surface area contributed by atoms with Crippen molar-refractivity contribution in [2.75, 3.05) is 0 Å². The van der Waals surface area contributed by atoms with Gasteiger partial charge < -0.3 is 0 Å². The minimum Gasteiger partial charge on any atom is -0.293 e. The molecule has 1 aliphatic heterocycles. The predicted octanol–water partition coefficient (Wildman–Crippen LogP) is 0.729. The van der Waals surface area contributed by atoms with Crippen molar-refractivity contribution in [1.29, 1.82) is 10.5 Å². The molecule has 0 aromatic heterocycles. The topological polar surface area (TPSA) is 93.8 Å². The Morgan fingerprint density at radius 2 is 1.59 bits per heavy atom. The van der Waals surface area contributed by atoms with Crippen molar-refractivity contribution in [3.05, 3.63) is 0 Å². The van der Waals surface area contributed by atoms with Gasteiger partial charge >= 0.3 is 0 Å². The highest BCUT2D eigenvalue weighted by atomic mass is 16.2. The second kappa shape index (κ2) is 2.87. The quantitative estimate of drug-likeness (QED) is 0.709. The van der Waals surface area contributed by atoms with E-state index in [1.807, 2.05) is 26.0 Å². The van der Waals surface area contributed by atoms with E-state index in [-0.39, 0.29) is 5.92 Å². The number of nitrogens with one attached hydrogen (secondary N) is 1. The van der Waals surface area contributed by atoms with Crippen LogP contribution in [0.15, 0.2) is 0 Å². The normalized spacial score (nSPS) is 42.7. The van der Waals surface area contributed by atoms with E-state index in [4.69, 9.17) is 0 Å². The van der Waals surface area contributed by atoms with Crippen LogP contribution >= 0.6 is 0 Å². The minimum atomic E-state index is -1.49. The van der Waals surface area contributed by atoms with E-state index in [0.29, 0.717) is 6.42 Å². The monoisotopic (exact) mass is 231 g/mol. The minimum absolute atomic E-state index is 0.210. The van der Waals surface area contributed by atoms with Crippen molar-refractivity contribution in [3.8, 4) is 12.1 Å². The zero-order chi connectivity index (χ0) is 13.1. The molecule has 1 saturated carbocycles. The van der Waals surface area contributed by atoms with E-state index in [1.165, 1.54) is 0 Å². The summed E-state index contributed by atoms with van der Waals surface area (Å²) >= 11 is 0. The Balaban J connectivity index is 2.61. The number of fused-ring (bicyclic) bond motifs is 1. The third-order valence-corrected chi connectivity index (χ3v) is 4.22. The van der Waals surface area contributed by atoms with Gasteiger partial charge in [-0.15, -0.1) is 0 Å². The number of carbonyl (C=O) groups excluding carboxylic acids is 2. The Bertz CT molecular complexity index is 473. The molecule has 1 unspecified atom stereocenters. The average Bonchev–Trinajstić information content (AvgIpc) is 2.58. The maximum Gasteiger partial charge on any atom is 0.249 e. The third-order valence-electron chi connectivity index (χ3n) is 4.22. The SMILES string of the molecule is CC(C)CC1(C)[C@]2(C#N)C(=O)NC(=O)[C@]12C#N. The van der Waals surface area contributed by atoms with Crippen molar-refractivity contribution >= 4 is 11.8 Å². The van der Waals surface area contributed by atoms with Crippen LogP contribution in [0.5, 0.6) is 0 Å². The number of nitrogens with zero attached hydrogens (tertiary/aromatic N) is 2. The number of rotatable bonds is 2. The number of piperidine rings is 1. The van der Waals surface area contributed by atoms with Gasteiger partial charge in [0.25, 0.3) is 0 Å². The first-order chi connectivity index (χ1) is 7.84. The Kier molecular flexibility index (Phi) is 1.96. The Morgan fingerprint density at radius 1 is 1.18 bits per heavy atom. The van der Waals surface area contributed by atoms with E-state index in [2.05, 4.69) is 5.32 Å². The van der Waals surface area contributed by atoms with Crippen LogP contribution in [0.3, 0.4) is 0 Å². The first-order valence-corrected chi connectivity index (χ1v) is 5.52. The van der Waals surface area contributed by atoms with Gasteiger partial charge in [0.15, 0.2) is 10.8 Å². The highest BCUT2D eigenvalue weighted by Gasteiger charge is 2.96. The first-order valence-electron chi connectivity index (χ1n) is 5.52. The maximum atomic E-state index is 11.8. The number of carbonyl (C=O) groups is 2. The molecule has 0 aromatic carbocycles. The van der Waals surface area contributed by atoms with Crippen LogP contribution in [0.4, 0.5) is 0 Å². The van der Waals surface area contributed by atoms with Gasteiger partial charge in [-0.1, -0.05) is 20.8 Å². The van der Waals surface area contributed by atoms with Gasteiger partial charge in [-0.2, -0.15) is 10.5 Å². The van der Waals surface area contributed by atoms with Crippen molar-refractivity contribution in [3.63, 3.8) is 0 Å². The lowest BCUT2D eigenvalue weighted by Gasteiger charge is -2.19. The summed E-state index contributed by atoms with van der Waals surface area (Å²) in [5.41, 5.74) is -3.84. The summed E-state index contributed by atoms with van der Waals surface area (Å²) in [6, 6.07) is 3.85. The van der Waals surface area contributed by atoms with Crippen LogP contribution in [0.25, 0.3) is 0 Å². The Hall–Kier alpha value is -1.88. The molecule has 2 aliphatic rings. The summed E-state index contributed by atoms with van der Waals surface area (Å²) in [6.07, 6.45) is 0.507. The van der Waals surface area contributed by atoms with Crippen molar-refractivity contribution in [2.24, 2.45) is 22.2 Å². The van der Waals surface area contributed by atoms with E-state index < -0.39 is 28.1 Å². The molecule has 1 N–H and O–H groups in total. The lowest BCUT2D eigenvalue weighted by Crippen LogP contribution is -2.37.